The molecule has 3 rings (SSSR count). The summed E-state index contributed by atoms with van der Waals surface area (Å²) in [4.78, 5) is 12.7. The number of rotatable bonds is 3. The van der Waals surface area contributed by atoms with E-state index in [2.05, 4.69) is 5.32 Å². The summed E-state index contributed by atoms with van der Waals surface area (Å²) in [6.07, 6.45) is -10.6. The van der Waals surface area contributed by atoms with Crippen LogP contribution in [0, 0.1) is 12.7 Å². The maximum absolute atomic E-state index is 13.1. The van der Waals surface area contributed by atoms with Crippen LogP contribution in [0.5, 0.6) is 0 Å². The number of hydrogen-bond acceptors (Lipinski definition) is 3. The van der Waals surface area contributed by atoms with Gasteiger partial charge in [-0.05, 0) is 73.8 Å². The molecule has 1 aliphatic rings. The monoisotopic (exact) mass is 509 g/mol. The Morgan fingerprint density at radius 1 is 1.09 bits per heavy atom. The number of aryl methyl sites for hydroxylation is 1. The third kappa shape index (κ3) is 7.56. The molecule has 0 aliphatic carbocycles. The molecule has 12 heteroatoms. The smallest absolute Gasteiger partial charge is 0.416 e. The Balaban J connectivity index is 0.000000247. The van der Waals surface area contributed by atoms with E-state index in [1.165, 1.54) is 17.0 Å². The van der Waals surface area contributed by atoms with Crippen LogP contribution in [0.15, 0.2) is 36.4 Å². The number of carboxylic acid groups (broad SMARTS) is 1. The van der Waals surface area contributed by atoms with E-state index in [-0.39, 0.29) is 42.5 Å². The number of benzene rings is 2. The molecular formula is C23H26F7N3O2. The summed E-state index contributed by atoms with van der Waals surface area (Å²) in [5, 5.41) is 12.5. The fourth-order valence-electron chi connectivity index (χ4n) is 3.89. The van der Waals surface area contributed by atoms with Gasteiger partial charge in [-0.3, -0.25) is 4.90 Å². The molecule has 2 aromatic carbocycles. The van der Waals surface area contributed by atoms with E-state index >= 15 is 0 Å². The van der Waals surface area contributed by atoms with E-state index in [0.717, 1.165) is 11.1 Å². The van der Waals surface area contributed by atoms with Gasteiger partial charge in [0.15, 0.2) is 0 Å². The summed E-state index contributed by atoms with van der Waals surface area (Å²) in [6.45, 7) is 4.83. The first kappa shape index (κ1) is 28.4. The van der Waals surface area contributed by atoms with Crippen LogP contribution in [0.3, 0.4) is 0 Å². The summed E-state index contributed by atoms with van der Waals surface area (Å²) in [5.41, 5.74) is 4.06. The highest BCUT2D eigenvalue weighted by atomic mass is 19.4. The zero-order valence-corrected chi connectivity index (χ0v) is 19.0. The van der Waals surface area contributed by atoms with Crippen molar-refractivity contribution in [1.29, 1.82) is 0 Å². The molecule has 2 atom stereocenters. The van der Waals surface area contributed by atoms with Crippen LogP contribution in [0.4, 0.5) is 35.5 Å². The first-order chi connectivity index (χ1) is 16.1. The highest BCUT2D eigenvalue weighted by molar-refractivity contribution is 5.66. The van der Waals surface area contributed by atoms with Crippen molar-refractivity contribution in [2.45, 2.75) is 44.7 Å². The van der Waals surface area contributed by atoms with Gasteiger partial charge in [-0.15, -0.1) is 0 Å². The van der Waals surface area contributed by atoms with Crippen LogP contribution in [0.25, 0.3) is 0 Å². The number of halogens is 7. The molecule has 1 heterocycles. The lowest BCUT2D eigenvalue weighted by Gasteiger charge is -2.39. The van der Waals surface area contributed by atoms with Gasteiger partial charge in [0, 0.05) is 19.1 Å². The Hall–Kier alpha value is -2.86. The number of nitrogens with zero attached hydrogens (tertiary/aromatic N) is 1. The predicted octanol–water partition coefficient (Wildman–Crippen LogP) is 5.37. The van der Waals surface area contributed by atoms with Crippen molar-refractivity contribution >= 4 is 6.09 Å². The lowest BCUT2D eigenvalue weighted by atomic mass is 9.93. The Bertz CT molecular complexity index is 993. The van der Waals surface area contributed by atoms with Gasteiger partial charge in [0.25, 0.3) is 0 Å². The van der Waals surface area contributed by atoms with Crippen molar-refractivity contribution in [3.05, 3.63) is 70.0 Å². The molecule has 1 aliphatic heterocycles. The summed E-state index contributed by atoms with van der Waals surface area (Å²) >= 11 is 0. The molecule has 1 fully saturated rings. The number of carbonyl (C=O) groups is 1. The SMILES string of the molecule is Cc1cc(F)ccc1C1C(C)NCCN1C(=O)O.NCCc1cc(C(F)(F)F)cc(C(F)(F)F)c1. The van der Waals surface area contributed by atoms with Crippen molar-refractivity contribution in [2.75, 3.05) is 19.6 Å². The summed E-state index contributed by atoms with van der Waals surface area (Å²) < 4.78 is 87.4. The number of nitrogens with two attached hydrogens (primary N) is 1. The maximum atomic E-state index is 13.1. The third-order valence-corrected chi connectivity index (χ3v) is 5.51. The molecule has 0 aromatic heterocycles. The van der Waals surface area contributed by atoms with Crippen LogP contribution in [-0.4, -0.2) is 41.8 Å². The topological polar surface area (TPSA) is 78.6 Å². The molecule has 4 N–H and O–H groups in total. The summed E-state index contributed by atoms with van der Waals surface area (Å²) in [5.74, 6) is -0.297. The van der Waals surface area contributed by atoms with E-state index in [9.17, 15) is 40.6 Å². The molecule has 194 valence electrons. The molecule has 1 amide bonds. The van der Waals surface area contributed by atoms with Crippen LogP contribution in [0.2, 0.25) is 0 Å². The fraction of sp³-hybridized carbons (Fsp3) is 0.435. The van der Waals surface area contributed by atoms with Crippen molar-refractivity contribution in [3.8, 4) is 0 Å². The van der Waals surface area contributed by atoms with E-state index < -0.39 is 29.6 Å². The van der Waals surface area contributed by atoms with Gasteiger partial charge in [-0.2, -0.15) is 26.3 Å². The van der Waals surface area contributed by atoms with Crippen molar-refractivity contribution in [3.63, 3.8) is 0 Å². The second kappa shape index (κ2) is 11.3. The molecule has 0 saturated carbocycles. The van der Waals surface area contributed by atoms with Crippen LogP contribution in [0.1, 0.15) is 40.8 Å². The van der Waals surface area contributed by atoms with Gasteiger partial charge in [-0.1, -0.05) is 6.07 Å². The predicted molar refractivity (Wildman–Crippen MR) is 115 cm³/mol. The van der Waals surface area contributed by atoms with E-state index in [4.69, 9.17) is 5.73 Å². The maximum Gasteiger partial charge on any atom is 0.416 e. The molecule has 1 saturated heterocycles. The number of piperazine rings is 1. The van der Waals surface area contributed by atoms with E-state index in [0.29, 0.717) is 25.2 Å². The number of alkyl halides is 6. The normalized spacial score (nSPS) is 18.6. The standard InChI is InChI=1S/C13H17FN2O2.C10H9F6N/c1-8-7-10(14)3-4-11(8)12-9(2)15-5-6-16(12)13(17)18;11-9(12,13)7-3-6(1-2-17)4-8(5-7)10(14,15)16/h3-4,7,9,12,15H,5-6H2,1-2H3,(H,17,18);3-5H,1-2,17H2. The van der Waals surface area contributed by atoms with E-state index in [1.807, 2.05) is 6.92 Å². The Morgan fingerprint density at radius 3 is 2.11 bits per heavy atom. The lowest BCUT2D eigenvalue weighted by molar-refractivity contribution is -0.143. The van der Waals surface area contributed by atoms with Crippen LogP contribution < -0.4 is 11.1 Å². The zero-order chi connectivity index (χ0) is 26.6. The lowest BCUT2D eigenvalue weighted by Crippen LogP contribution is -2.53. The number of nitrogens with one attached hydrogen (secondary N) is 1. The van der Waals surface area contributed by atoms with Gasteiger partial charge >= 0.3 is 18.4 Å². The largest absolute Gasteiger partial charge is 0.465 e. The minimum atomic E-state index is -4.80. The summed E-state index contributed by atoms with van der Waals surface area (Å²) in [6, 6.07) is 5.70. The zero-order valence-electron chi connectivity index (χ0n) is 19.0. The molecule has 2 aromatic rings. The third-order valence-electron chi connectivity index (χ3n) is 5.51. The number of amides is 1. The van der Waals surface area contributed by atoms with Crippen molar-refractivity contribution in [1.82, 2.24) is 10.2 Å². The van der Waals surface area contributed by atoms with Gasteiger partial charge in [-0.25, -0.2) is 9.18 Å². The van der Waals surface area contributed by atoms with Gasteiger partial charge in [0.05, 0.1) is 17.2 Å². The Kier molecular flexibility index (Phi) is 9.12. The van der Waals surface area contributed by atoms with Crippen LogP contribution >= 0.6 is 0 Å². The molecule has 0 bridgehead atoms. The van der Waals surface area contributed by atoms with Crippen molar-refractivity contribution < 1.29 is 40.6 Å². The van der Waals surface area contributed by atoms with Crippen molar-refractivity contribution in [2.24, 2.45) is 5.73 Å². The van der Waals surface area contributed by atoms with Crippen LogP contribution in [-0.2, 0) is 18.8 Å². The number of hydrogen-bond donors (Lipinski definition) is 3. The second-order valence-electron chi connectivity index (χ2n) is 8.12. The first-order valence-electron chi connectivity index (χ1n) is 10.6. The quantitative estimate of drug-likeness (QED) is 0.486. The Morgan fingerprint density at radius 2 is 1.66 bits per heavy atom. The summed E-state index contributed by atoms with van der Waals surface area (Å²) in [7, 11) is 0. The second-order valence-corrected chi connectivity index (χ2v) is 8.12. The van der Waals surface area contributed by atoms with Gasteiger partial charge < -0.3 is 16.2 Å². The molecular weight excluding hydrogens is 483 g/mol. The molecule has 35 heavy (non-hydrogen) atoms. The Labute approximate surface area is 197 Å². The molecule has 2 unspecified atom stereocenters. The molecule has 0 spiro atoms. The molecule has 5 nitrogen and oxygen atoms in total. The minimum Gasteiger partial charge on any atom is -0.465 e. The van der Waals surface area contributed by atoms with E-state index in [1.54, 1.807) is 13.0 Å². The fourth-order valence-corrected chi connectivity index (χ4v) is 3.89. The highest BCUT2D eigenvalue weighted by Crippen LogP contribution is 2.36. The average molecular weight is 509 g/mol. The van der Waals surface area contributed by atoms with Gasteiger partial charge in [0.2, 0.25) is 0 Å². The minimum absolute atomic E-state index is 0.0130. The first-order valence-corrected chi connectivity index (χ1v) is 10.6. The highest BCUT2D eigenvalue weighted by Gasteiger charge is 2.37. The molecule has 0 radical (unpaired) electrons. The average Bonchev–Trinajstić information content (AvgIpc) is 2.73. The van der Waals surface area contributed by atoms with Gasteiger partial charge in [0.1, 0.15) is 5.82 Å².